The lowest BCUT2D eigenvalue weighted by Gasteiger charge is -2.08. The molecule has 6 heteroatoms. The van der Waals surface area contributed by atoms with Crippen molar-refractivity contribution in [2.75, 3.05) is 0 Å². The molecular formula is C12H7BrClF2NO. The molecule has 0 saturated heterocycles. The van der Waals surface area contributed by atoms with Gasteiger partial charge in [0.05, 0.1) is 5.69 Å². The molecule has 0 unspecified atom stereocenters. The molecule has 0 aliphatic heterocycles. The number of halogens is 4. The lowest BCUT2D eigenvalue weighted by molar-refractivity contribution is 0.280. The number of benzene rings is 1. The van der Waals surface area contributed by atoms with Gasteiger partial charge in [0.25, 0.3) is 0 Å². The van der Waals surface area contributed by atoms with Gasteiger partial charge in [0.2, 0.25) is 5.82 Å². The summed E-state index contributed by atoms with van der Waals surface area (Å²) in [6.07, 6.45) is 1.51. The predicted molar refractivity (Wildman–Crippen MR) is 67.6 cm³/mol. The van der Waals surface area contributed by atoms with Crippen LogP contribution in [0.1, 0.15) is 5.69 Å². The molecule has 2 nitrogen and oxygen atoms in total. The summed E-state index contributed by atoms with van der Waals surface area (Å²) in [6, 6.07) is 5.58. The Hall–Kier alpha value is -1.20. The summed E-state index contributed by atoms with van der Waals surface area (Å²) in [6.45, 7) is 0.00731. The third kappa shape index (κ3) is 3.17. The molecule has 2 rings (SSSR count). The maximum atomic E-state index is 13.4. The fraction of sp³-hybridized carbons (Fsp3) is 0.0833. The largest absolute Gasteiger partial charge is 0.484 e. The van der Waals surface area contributed by atoms with Crippen molar-refractivity contribution in [1.29, 1.82) is 0 Å². The molecule has 0 N–H and O–H groups in total. The van der Waals surface area contributed by atoms with E-state index in [1.807, 2.05) is 0 Å². The zero-order valence-electron chi connectivity index (χ0n) is 8.96. The molecule has 0 aliphatic carbocycles. The molecule has 0 saturated carbocycles. The van der Waals surface area contributed by atoms with Crippen molar-refractivity contribution >= 4 is 27.5 Å². The monoisotopic (exact) mass is 333 g/mol. The summed E-state index contributed by atoms with van der Waals surface area (Å²) in [7, 11) is 0. The predicted octanol–water partition coefficient (Wildman–Crippen LogP) is 4.35. The fourth-order valence-electron chi connectivity index (χ4n) is 1.32. The van der Waals surface area contributed by atoms with E-state index in [9.17, 15) is 8.78 Å². The zero-order valence-corrected chi connectivity index (χ0v) is 11.3. The van der Waals surface area contributed by atoms with E-state index in [0.717, 1.165) is 6.07 Å². The number of hydrogen-bond acceptors (Lipinski definition) is 2. The van der Waals surface area contributed by atoms with E-state index >= 15 is 0 Å². The Labute approximate surface area is 116 Å². The summed E-state index contributed by atoms with van der Waals surface area (Å²) >= 11 is 8.83. The van der Waals surface area contributed by atoms with E-state index < -0.39 is 11.6 Å². The standard InChI is InChI=1S/C12H7BrClF2NO/c13-7-3-10(15)12(16)11(4-7)18-6-9-5-8(14)1-2-17-9/h1-5H,6H2. The van der Waals surface area contributed by atoms with Gasteiger partial charge in [0, 0.05) is 15.7 Å². The lowest BCUT2D eigenvalue weighted by Crippen LogP contribution is -2.00. The Balaban J connectivity index is 2.15. The lowest BCUT2D eigenvalue weighted by atomic mass is 10.3. The van der Waals surface area contributed by atoms with Crippen molar-refractivity contribution in [3.8, 4) is 5.75 Å². The molecule has 1 heterocycles. The first-order chi connectivity index (χ1) is 8.56. The summed E-state index contributed by atoms with van der Waals surface area (Å²) < 4.78 is 32.1. The van der Waals surface area contributed by atoms with Gasteiger partial charge in [0.15, 0.2) is 11.6 Å². The van der Waals surface area contributed by atoms with Crippen LogP contribution < -0.4 is 4.74 Å². The van der Waals surface area contributed by atoms with Gasteiger partial charge in [0.1, 0.15) is 6.61 Å². The van der Waals surface area contributed by atoms with Crippen molar-refractivity contribution in [3.05, 3.63) is 57.3 Å². The maximum absolute atomic E-state index is 13.4. The van der Waals surface area contributed by atoms with Crippen LogP contribution in [0.5, 0.6) is 5.75 Å². The average molecular weight is 335 g/mol. The summed E-state index contributed by atoms with van der Waals surface area (Å²) in [5.74, 6) is -2.18. The van der Waals surface area contributed by atoms with Gasteiger partial charge < -0.3 is 4.74 Å². The topological polar surface area (TPSA) is 22.1 Å². The van der Waals surface area contributed by atoms with Crippen LogP contribution in [0, 0.1) is 11.6 Å². The van der Waals surface area contributed by atoms with Crippen molar-refractivity contribution in [2.24, 2.45) is 0 Å². The van der Waals surface area contributed by atoms with Crippen molar-refractivity contribution in [1.82, 2.24) is 4.98 Å². The van der Waals surface area contributed by atoms with Crippen LogP contribution in [0.3, 0.4) is 0 Å². The summed E-state index contributed by atoms with van der Waals surface area (Å²) in [5.41, 5.74) is 0.530. The van der Waals surface area contributed by atoms with E-state index in [1.54, 1.807) is 12.1 Å². The van der Waals surface area contributed by atoms with E-state index in [0.29, 0.717) is 15.2 Å². The molecule has 1 aromatic heterocycles. The van der Waals surface area contributed by atoms with Crippen molar-refractivity contribution in [3.63, 3.8) is 0 Å². The molecule has 2 aromatic rings. The van der Waals surface area contributed by atoms with Crippen LogP contribution >= 0.6 is 27.5 Å². The number of aromatic nitrogens is 1. The van der Waals surface area contributed by atoms with Gasteiger partial charge in [-0.3, -0.25) is 4.98 Å². The molecule has 0 atom stereocenters. The normalized spacial score (nSPS) is 10.4. The van der Waals surface area contributed by atoms with Crippen LogP contribution in [0.15, 0.2) is 34.9 Å². The number of hydrogen-bond donors (Lipinski definition) is 0. The number of ether oxygens (including phenoxy) is 1. The Morgan fingerprint density at radius 2 is 2.06 bits per heavy atom. The van der Waals surface area contributed by atoms with Crippen molar-refractivity contribution in [2.45, 2.75) is 6.61 Å². The van der Waals surface area contributed by atoms with Gasteiger partial charge in [-0.2, -0.15) is 4.39 Å². The molecular weight excluding hydrogens is 327 g/mol. The molecule has 18 heavy (non-hydrogen) atoms. The Morgan fingerprint density at radius 1 is 1.28 bits per heavy atom. The SMILES string of the molecule is Fc1cc(Br)cc(OCc2cc(Cl)ccn2)c1F. The highest BCUT2D eigenvalue weighted by molar-refractivity contribution is 9.10. The first-order valence-electron chi connectivity index (χ1n) is 4.94. The molecule has 94 valence electrons. The Morgan fingerprint density at radius 3 is 2.78 bits per heavy atom. The third-order valence-corrected chi connectivity index (χ3v) is 2.81. The maximum Gasteiger partial charge on any atom is 0.200 e. The third-order valence-electron chi connectivity index (χ3n) is 2.11. The highest BCUT2D eigenvalue weighted by Crippen LogP contribution is 2.26. The van der Waals surface area contributed by atoms with Crippen LogP contribution in [0.4, 0.5) is 8.78 Å². The molecule has 0 amide bonds. The fourth-order valence-corrected chi connectivity index (χ4v) is 1.91. The van der Waals surface area contributed by atoms with Crippen LogP contribution in [-0.4, -0.2) is 4.98 Å². The van der Waals surface area contributed by atoms with Gasteiger partial charge in [-0.1, -0.05) is 27.5 Å². The molecule has 1 aromatic carbocycles. The molecule has 0 aliphatic rings. The van der Waals surface area contributed by atoms with Crippen LogP contribution in [0.25, 0.3) is 0 Å². The Bertz CT molecular complexity index is 580. The highest BCUT2D eigenvalue weighted by Gasteiger charge is 2.11. The average Bonchev–Trinajstić information content (AvgIpc) is 2.32. The molecule has 0 spiro atoms. The van der Waals surface area contributed by atoms with Gasteiger partial charge >= 0.3 is 0 Å². The number of pyridine rings is 1. The molecule has 0 radical (unpaired) electrons. The minimum Gasteiger partial charge on any atom is -0.484 e. The smallest absolute Gasteiger partial charge is 0.200 e. The minimum atomic E-state index is -1.03. The first kappa shape index (κ1) is 13.2. The Kier molecular flexibility index (Phi) is 4.14. The van der Waals surface area contributed by atoms with E-state index in [-0.39, 0.29) is 12.4 Å². The zero-order chi connectivity index (χ0) is 13.1. The van der Waals surface area contributed by atoms with E-state index in [2.05, 4.69) is 20.9 Å². The van der Waals surface area contributed by atoms with Gasteiger partial charge in [-0.05, 0) is 24.3 Å². The number of nitrogens with zero attached hydrogens (tertiary/aromatic N) is 1. The van der Waals surface area contributed by atoms with Crippen LogP contribution in [-0.2, 0) is 6.61 Å². The van der Waals surface area contributed by atoms with Crippen LogP contribution in [0.2, 0.25) is 5.02 Å². The second-order valence-corrected chi connectivity index (χ2v) is 4.81. The second kappa shape index (κ2) is 5.63. The molecule has 0 bridgehead atoms. The first-order valence-corrected chi connectivity index (χ1v) is 6.11. The minimum absolute atomic E-state index is 0.00731. The summed E-state index contributed by atoms with van der Waals surface area (Å²) in [4.78, 5) is 3.99. The summed E-state index contributed by atoms with van der Waals surface area (Å²) in [5, 5.41) is 0.504. The number of rotatable bonds is 3. The van der Waals surface area contributed by atoms with E-state index in [1.165, 1.54) is 12.3 Å². The van der Waals surface area contributed by atoms with Gasteiger partial charge in [-0.25, -0.2) is 4.39 Å². The quantitative estimate of drug-likeness (QED) is 0.778. The second-order valence-electron chi connectivity index (χ2n) is 3.45. The highest BCUT2D eigenvalue weighted by atomic mass is 79.9. The molecule has 0 fully saturated rings. The van der Waals surface area contributed by atoms with E-state index in [4.69, 9.17) is 16.3 Å². The van der Waals surface area contributed by atoms with Gasteiger partial charge in [-0.15, -0.1) is 0 Å². The van der Waals surface area contributed by atoms with Crippen molar-refractivity contribution < 1.29 is 13.5 Å².